The maximum atomic E-state index is 6.04. The molecule has 0 fully saturated rings. The highest BCUT2D eigenvalue weighted by Gasteiger charge is 2.10. The van der Waals surface area contributed by atoms with Crippen LogP contribution in [0.3, 0.4) is 0 Å². The molecule has 26 heavy (non-hydrogen) atoms. The van der Waals surface area contributed by atoms with Gasteiger partial charge in [0.15, 0.2) is 0 Å². The van der Waals surface area contributed by atoms with E-state index in [9.17, 15) is 0 Å². The Hall–Kier alpha value is -2.75. The lowest BCUT2D eigenvalue weighted by Gasteiger charge is -2.10. The second kappa shape index (κ2) is 9.09. The smallest absolute Gasteiger partial charge is 0.128 e. The Morgan fingerprint density at radius 1 is 0.962 bits per heavy atom. The Bertz CT molecular complexity index is 808. The van der Waals surface area contributed by atoms with E-state index < -0.39 is 0 Å². The highest BCUT2D eigenvalue weighted by Crippen LogP contribution is 2.31. The Morgan fingerprint density at radius 2 is 1.73 bits per heavy atom. The molecule has 3 N–H and O–H groups in total. The summed E-state index contributed by atoms with van der Waals surface area (Å²) in [5.41, 5.74) is 10.4. The zero-order valence-corrected chi connectivity index (χ0v) is 15.4. The summed E-state index contributed by atoms with van der Waals surface area (Å²) in [4.78, 5) is 0. The van der Waals surface area contributed by atoms with Crippen LogP contribution in [0.2, 0.25) is 0 Å². The highest BCUT2D eigenvalue weighted by atomic mass is 16.5. The zero-order valence-electron chi connectivity index (χ0n) is 15.4. The molecule has 1 aromatic heterocycles. The lowest BCUT2D eigenvalue weighted by atomic mass is 10.1. The third-order valence-electron chi connectivity index (χ3n) is 4.47. The van der Waals surface area contributed by atoms with Gasteiger partial charge in [0.05, 0.1) is 18.0 Å². The van der Waals surface area contributed by atoms with E-state index in [1.807, 2.05) is 42.5 Å². The summed E-state index contributed by atoms with van der Waals surface area (Å²) in [6, 6.07) is 17.9. The Morgan fingerprint density at radius 3 is 2.54 bits per heavy atom. The molecule has 0 aliphatic rings. The maximum absolute atomic E-state index is 6.04. The van der Waals surface area contributed by atoms with E-state index in [-0.39, 0.29) is 0 Å². The number of nitrogen functional groups attached to an aromatic ring is 1. The summed E-state index contributed by atoms with van der Waals surface area (Å²) in [6.07, 6.45) is 6.17. The topological polar surface area (TPSA) is 63.9 Å². The van der Waals surface area contributed by atoms with Gasteiger partial charge in [0, 0.05) is 16.8 Å². The van der Waals surface area contributed by atoms with E-state index in [1.165, 1.54) is 25.7 Å². The SMILES string of the molecule is CCCCCCCOc1ccccc1-c1cc(-c2ccc(N)cc2)n[nH]1. The van der Waals surface area contributed by atoms with Crippen molar-refractivity contribution in [2.45, 2.75) is 39.0 Å². The summed E-state index contributed by atoms with van der Waals surface area (Å²) in [6.45, 7) is 2.98. The van der Waals surface area contributed by atoms with Crippen molar-refractivity contribution >= 4 is 5.69 Å². The van der Waals surface area contributed by atoms with Crippen molar-refractivity contribution in [1.82, 2.24) is 10.2 Å². The maximum Gasteiger partial charge on any atom is 0.128 e. The van der Waals surface area contributed by atoms with E-state index in [4.69, 9.17) is 10.5 Å². The molecular formula is C22H27N3O. The third-order valence-corrected chi connectivity index (χ3v) is 4.47. The standard InChI is InChI=1S/C22H27N3O/c1-2-3-4-5-8-15-26-22-10-7-6-9-19(22)21-16-20(24-25-21)17-11-13-18(23)14-12-17/h6-7,9-14,16H,2-5,8,15,23H2,1H3,(H,24,25). The molecule has 0 radical (unpaired) electrons. The van der Waals surface area contributed by atoms with Crippen LogP contribution in [-0.2, 0) is 0 Å². The van der Waals surface area contributed by atoms with Gasteiger partial charge in [-0.05, 0) is 36.8 Å². The monoisotopic (exact) mass is 349 g/mol. The van der Waals surface area contributed by atoms with Gasteiger partial charge in [0.2, 0.25) is 0 Å². The molecule has 3 aromatic rings. The fraction of sp³-hybridized carbons (Fsp3) is 0.318. The largest absolute Gasteiger partial charge is 0.493 e. The number of H-pyrrole nitrogens is 1. The summed E-state index contributed by atoms with van der Waals surface area (Å²) >= 11 is 0. The highest BCUT2D eigenvalue weighted by molar-refractivity contribution is 5.72. The molecule has 0 aliphatic heterocycles. The van der Waals surface area contributed by atoms with Crippen LogP contribution in [-0.4, -0.2) is 16.8 Å². The number of ether oxygens (including phenoxy) is 1. The average molecular weight is 349 g/mol. The number of rotatable bonds is 9. The molecule has 2 aromatic carbocycles. The molecule has 0 spiro atoms. The normalized spacial score (nSPS) is 10.8. The molecule has 0 saturated carbocycles. The third kappa shape index (κ3) is 4.66. The van der Waals surface area contributed by atoms with E-state index in [2.05, 4.69) is 29.3 Å². The van der Waals surface area contributed by atoms with Crippen LogP contribution in [0.5, 0.6) is 5.75 Å². The van der Waals surface area contributed by atoms with Crippen molar-refractivity contribution in [3.63, 3.8) is 0 Å². The minimum Gasteiger partial charge on any atom is -0.493 e. The summed E-state index contributed by atoms with van der Waals surface area (Å²) < 4.78 is 6.04. The molecule has 0 bridgehead atoms. The molecule has 0 saturated heterocycles. The van der Waals surface area contributed by atoms with Gasteiger partial charge in [-0.2, -0.15) is 5.10 Å². The number of aromatic nitrogens is 2. The molecule has 136 valence electrons. The van der Waals surface area contributed by atoms with Gasteiger partial charge in [-0.15, -0.1) is 0 Å². The number of anilines is 1. The quantitative estimate of drug-likeness (QED) is 0.386. The number of nitrogens with one attached hydrogen (secondary N) is 1. The first kappa shape index (κ1) is 18.1. The fourth-order valence-corrected chi connectivity index (χ4v) is 2.96. The molecule has 0 unspecified atom stereocenters. The number of benzene rings is 2. The van der Waals surface area contributed by atoms with Gasteiger partial charge in [-0.25, -0.2) is 0 Å². The van der Waals surface area contributed by atoms with E-state index >= 15 is 0 Å². The molecule has 4 heteroatoms. The van der Waals surface area contributed by atoms with E-state index in [1.54, 1.807) is 0 Å². The van der Waals surface area contributed by atoms with Gasteiger partial charge < -0.3 is 10.5 Å². The number of hydrogen-bond donors (Lipinski definition) is 2. The number of nitrogens with two attached hydrogens (primary N) is 1. The second-order valence-electron chi connectivity index (χ2n) is 6.55. The average Bonchev–Trinajstić information content (AvgIpc) is 3.15. The number of para-hydroxylation sites is 1. The summed E-state index contributed by atoms with van der Waals surface area (Å²) in [5.74, 6) is 0.899. The van der Waals surface area contributed by atoms with Crippen LogP contribution in [0, 0.1) is 0 Å². The van der Waals surface area contributed by atoms with Gasteiger partial charge in [-0.3, -0.25) is 5.10 Å². The second-order valence-corrected chi connectivity index (χ2v) is 6.55. The first-order chi connectivity index (χ1) is 12.8. The first-order valence-electron chi connectivity index (χ1n) is 9.41. The predicted molar refractivity (Wildman–Crippen MR) is 108 cm³/mol. The lowest BCUT2D eigenvalue weighted by molar-refractivity contribution is 0.305. The molecule has 4 nitrogen and oxygen atoms in total. The first-order valence-corrected chi connectivity index (χ1v) is 9.41. The van der Waals surface area contributed by atoms with Crippen molar-refractivity contribution in [3.8, 4) is 28.3 Å². The van der Waals surface area contributed by atoms with Crippen LogP contribution in [0.25, 0.3) is 22.5 Å². The fourth-order valence-electron chi connectivity index (χ4n) is 2.96. The molecule has 0 atom stereocenters. The van der Waals surface area contributed by atoms with Crippen molar-refractivity contribution < 1.29 is 4.74 Å². The number of nitrogens with zero attached hydrogens (tertiary/aromatic N) is 1. The van der Waals surface area contributed by atoms with Crippen LogP contribution < -0.4 is 10.5 Å². The number of aromatic amines is 1. The van der Waals surface area contributed by atoms with Crippen LogP contribution in [0.1, 0.15) is 39.0 Å². The lowest BCUT2D eigenvalue weighted by Crippen LogP contribution is -1.98. The molecular weight excluding hydrogens is 322 g/mol. The van der Waals surface area contributed by atoms with Crippen LogP contribution in [0.4, 0.5) is 5.69 Å². The van der Waals surface area contributed by atoms with E-state index in [0.717, 1.165) is 47.0 Å². The molecule has 3 rings (SSSR count). The van der Waals surface area contributed by atoms with Crippen molar-refractivity contribution in [2.24, 2.45) is 0 Å². The van der Waals surface area contributed by atoms with Crippen LogP contribution >= 0.6 is 0 Å². The van der Waals surface area contributed by atoms with Crippen LogP contribution in [0.15, 0.2) is 54.6 Å². The Kier molecular flexibility index (Phi) is 6.31. The van der Waals surface area contributed by atoms with Crippen molar-refractivity contribution in [3.05, 3.63) is 54.6 Å². The van der Waals surface area contributed by atoms with E-state index in [0.29, 0.717) is 0 Å². The Labute approximate surface area is 155 Å². The summed E-state index contributed by atoms with van der Waals surface area (Å²) in [5, 5.41) is 7.58. The molecule has 1 heterocycles. The van der Waals surface area contributed by atoms with Gasteiger partial charge >= 0.3 is 0 Å². The zero-order chi connectivity index (χ0) is 18.2. The summed E-state index contributed by atoms with van der Waals surface area (Å²) in [7, 11) is 0. The van der Waals surface area contributed by atoms with Crippen molar-refractivity contribution in [2.75, 3.05) is 12.3 Å². The number of hydrogen-bond acceptors (Lipinski definition) is 3. The van der Waals surface area contributed by atoms with Crippen molar-refractivity contribution in [1.29, 1.82) is 0 Å². The molecule has 0 aliphatic carbocycles. The van der Waals surface area contributed by atoms with Gasteiger partial charge in [0.25, 0.3) is 0 Å². The predicted octanol–water partition coefficient (Wildman–Crippen LogP) is 5.68. The molecule has 0 amide bonds. The number of unbranched alkanes of at least 4 members (excludes halogenated alkanes) is 4. The minimum absolute atomic E-state index is 0.750. The Balaban J connectivity index is 1.69. The minimum atomic E-state index is 0.750. The van der Waals surface area contributed by atoms with Gasteiger partial charge in [-0.1, -0.05) is 56.9 Å². The van der Waals surface area contributed by atoms with Gasteiger partial charge in [0.1, 0.15) is 5.75 Å².